The van der Waals surface area contributed by atoms with Gasteiger partial charge in [-0.15, -0.1) is 0 Å². The first-order valence-corrected chi connectivity index (χ1v) is 7.47. The number of halogens is 1. The number of rotatable bonds is 3. The predicted molar refractivity (Wildman–Crippen MR) is 81.9 cm³/mol. The number of hydrogen-bond donors (Lipinski definition) is 1. The largest absolute Gasteiger partial charge is 0.504 e. The van der Waals surface area contributed by atoms with Gasteiger partial charge in [0.05, 0.1) is 7.11 Å². The van der Waals surface area contributed by atoms with Crippen LogP contribution in [0.4, 0.5) is 0 Å². The molecule has 1 aliphatic rings. The number of methoxy groups -OCH3 is 1. The Kier molecular flexibility index (Phi) is 3.97. The van der Waals surface area contributed by atoms with Crippen LogP contribution in [0.15, 0.2) is 24.3 Å². The molecule has 1 fully saturated rings. The highest BCUT2D eigenvalue weighted by atomic mass is 35.5. The molecule has 0 bridgehead atoms. The molecule has 1 N–H and O–H groups in total. The fraction of sp³-hybridized carbons (Fsp3) is 0.375. The molecular weight excluding hydrogens is 288 g/mol. The first kappa shape index (κ1) is 14.1. The van der Waals surface area contributed by atoms with E-state index in [-0.39, 0.29) is 5.75 Å². The molecule has 0 aliphatic heterocycles. The van der Waals surface area contributed by atoms with Crippen LogP contribution in [0.1, 0.15) is 37.3 Å². The highest BCUT2D eigenvalue weighted by Crippen LogP contribution is 2.35. The van der Waals surface area contributed by atoms with Gasteiger partial charge in [-0.2, -0.15) is 0 Å². The second kappa shape index (κ2) is 5.90. The molecule has 1 aliphatic carbocycles. The number of ether oxygens (including phenoxy) is 1. The zero-order valence-corrected chi connectivity index (χ0v) is 12.6. The standard InChI is InChI=1S/C16H17ClN2O2/c1-21-14-8-11(6-7-13(14)20)16-18-12(9-15(17)19-16)10-4-2-3-5-10/h6-10,20H,2-5H2,1H3. The Hall–Kier alpha value is -1.81. The molecule has 0 spiro atoms. The van der Waals surface area contributed by atoms with Crippen LogP contribution in [-0.2, 0) is 0 Å². The van der Waals surface area contributed by atoms with Crippen LogP contribution < -0.4 is 4.74 Å². The molecule has 0 radical (unpaired) electrons. The van der Waals surface area contributed by atoms with Gasteiger partial charge >= 0.3 is 0 Å². The van der Waals surface area contributed by atoms with Crippen LogP contribution in [0.5, 0.6) is 11.5 Å². The van der Waals surface area contributed by atoms with Crippen molar-refractivity contribution in [1.29, 1.82) is 0 Å². The predicted octanol–water partition coefficient (Wildman–Crippen LogP) is 4.17. The van der Waals surface area contributed by atoms with E-state index in [9.17, 15) is 5.11 Å². The van der Waals surface area contributed by atoms with E-state index in [1.54, 1.807) is 18.2 Å². The third-order valence-corrected chi connectivity index (χ3v) is 4.12. The molecule has 0 unspecified atom stereocenters. The van der Waals surface area contributed by atoms with E-state index < -0.39 is 0 Å². The van der Waals surface area contributed by atoms with Crippen molar-refractivity contribution in [3.05, 3.63) is 35.1 Å². The number of aromatic nitrogens is 2. The Bertz CT molecular complexity index is 655. The topological polar surface area (TPSA) is 55.2 Å². The number of benzene rings is 1. The summed E-state index contributed by atoms with van der Waals surface area (Å²) in [5.74, 6) is 1.55. The molecule has 1 aromatic carbocycles. The van der Waals surface area contributed by atoms with E-state index in [4.69, 9.17) is 16.3 Å². The minimum atomic E-state index is 0.0966. The molecular formula is C16H17ClN2O2. The monoisotopic (exact) mass is 304 g/mol. The van der Waals surface area contributed by atoms with E-state index in [1.807, 2.05) is 6.07 Å². The SMILES string of the molecule is COc1cc(-c2nc(Cl)cc(C3CCCC3)n2)ccc1O. The summed E-state index contributed by atoms with van der Waals surface area (Å²) in [6.45, 7) is 0. The summed E-state index contributed by atoms with van der Waals surface area (Å²) in [6, 6.07) is 6.92. The number of hydrogen-bond acceptors (Lipinski definition) is 4. The van der Waals surface area contributed by atoms with Gasteiger partial charge in [-0.1, -0.05) is 24.4 Å². The van der Waals surface area contributed by atoms with Gasteiger partial charge in [0.1, 0.15) is 5.15 Å². The van der Waals surface area contributed by atoms with Crippen LogP contribution in [0.3, 0.4) is 0 Å². The average molecular weight is 305 g/mol. The second-order valence-corrected chi connectivity index (χ2v) is 5.69. The third kappa shape index (κ3) is 2.95. The Morgan fingerprint density at radius 1 is 1.19 bits per heavy atom. The molecule has 1 aromatic heterocycles. The second-order valence-electron chi connectivity index (χ2n) is 5.31. The van der Waals surface area contributed by atoms with Crippen molar-refractivity contribution in [3.8, 4) is 22.9 Å². The number of aromatic hydroxyl groups is 1. The molecule has 0 amide bonds. The van der Waals surface area contributed by atoms with E-state index in [2.05, 4.69) is 9.97 Å². The lowest BCUT2D eigenvalue weighted by molar-refractivity contribution is 0.373. The van der Waals surface area contributed by atoms with Crippen molar-refractivity contribution < 1.29 is 9.84 Å². The fourth-order valence-corrected chi connectivity index (χ4v) is 3.00. The lowest BCUT2D eigenvalue weighted by Gasteiger charge is -2.11. The van der Waals surface area contributed by atoms with Crippen LogP contribution in [0.2, 0.25) is 5.15 Å². The summed E-state index contributed by atoms with van der Waals surface area (Å²) in [7, 11) is 1.52. The number of phenols is 1. The fourth-order valence-electron chi connectivity index (χ4n) is 2.81. The van der Waals surface area contributed by atoms with E-state index in [0.717, 1.165) is 24.1 Å². The summed E-state index contributed by atoms with van der Waals surface area (Å²) in [5, 5.41) is 10.1. The Labute approximate surface area is 128 Å². The minimum Gasteiger partial charge on any atom is -0.504 e. The van der Waals surface area contributed by atoms with Gasteiger partial charge in [0.2, 0.25) is 0 Å². The zero-order valence-electron chi connectivity index (χ0n) is 11.8. The summed E-state index contributed by atoms with van der Waals surface area (Å²) < 4.78 is 5.13. The normalized spacial score (nSPS) is 15.3. The lowest BCUT2D eigenvalue weighted by Crippen LogP contribution is -2.00. The molecule has 0 saturated heterocycles. The van der Waals surface area contributed by atoms with Gasteiger partial charge in [0.15, 0.2) is 17.3 Å². The molecule has 5 heteroatoms. The van der Waals surface area contributed by atoms with E-state index in [1.165, 1.54) is 20.0 Å². The summed E-state index contributed by atoms with van der Waals surface area (Å²) in [6.07, 6.45) is 4.81. The Morgan fingerprint density at radius 3 is 2.67 bits per heavy atom. The van der Waals surface area contributed by atoms with Crippen molar-refractivity contribution in [1.82, 2.24) is 9.97 Å². The van der Waals surface area contributed by atoms with Crippen LogP contribution >= 0.6 is 11.6 Å². The molecule has 0 atom stereocenters. The van der Waals surface area contributed by atoms with E-state index >= 15 is 0 Å². The van der Waals surface area contributed by atoms with Crippen molar-refractivity contribution >= 4 is 11.6 Å². The molecule has 2 aromatic rings. The number of nitrogens with zero attached hydrogens (tertiary/aromatic N) is 2. The first-order valence-electron chi connectivity index (χ1n) is 7.09. The maximum Gasteiger partial charge on any atom is 0.161 e. The first-order chi connectivity index (χ1) is 10.2. The number of phenolic OH excluding ortho intramolecular Hbond substituents is 1. The van der Waals surface area contributed by atoms with Crippen molar-refractivity contribution in [2.75, 3.05) is 7.11 Å². The highest BCUT2D eigenvalue weighted by Gasteiger charge is 2.20. The molecule has 3 rings (SSSR count). The third-order valence-electron chi connectivity index (χ3n) is 3.93. The highest BCUT2D eigenvalue weighted by molar-refractivity contribution is 6.29. The van der Waals surface area contributed by atoms with Crippen molar-refractivity contribution in [2.45, 2.75) is 31.6 Å². The molecule has 110 valence electrons. The quantitative estimate of drug-likeness (QED) is 0.865. The van der Waals surface area contributed by atoms with Gasteiger partial charge in [0, 0.05) is 17.2 Å². The Balaban J connectivity index is 2.01. The van der Waals surface area contributed by atoms with Gasteiger partial charge in [-0.05, 0) is 37.1 Å². The van der Waals surface area contributed by atoms with Crippen LogP contribution in [0.25, 0.3) is 11.4 Å². The zero-order chi connectivity index (χ0) is 14.8. The molecule has 1 saturated carbocycles. The molecule has 1 heterocycles. The van der Waals surface area contributed by atoms with Crippen LogP contribution in [-0.4, -0.2) is 22.2 Å². The van der Waals surface area contributed by atoms with Crippen LogP contribution in [0, 0.1) is 0 Å². The summed E-state index contributed by atoms with van der Waals surface area (Å²) in [4.78, 5) is 8.96. The van der Waals surface area contributed by atoms with Crippen molar-refractivity contribution in [3.63, 3.8) is 0 Å². The van der Waals surface area contributed by atoms with Gasteiger partial charge in [-0.25, -0.2) is 9.97 Å². The summed E-state index contributed by atoms with van der Waals surface area (Å²) >= 11 is 6.15. The van der Waals surface area contributed by atoms with Gasteiger partial charge in [-0.3, -0.25) is 0 Å². The molecule has 21 heavy (non-hydrogen) atoms. The van der Waals surface area contributed by atoms with Crippen molar-refractivity contribution in [2.24, 2.45) is 0 Å². The molecule has 4 nitrogen and oxygen atoms in total. The Morgan fingerprint density at radius 2 is 1.95 bits per heavy atom. The maximum atomic E-state index is 9.67. The maximum absolute atomic E-state index is 9.67. The minimum absolute atomic E-state index is 0.0966. The smallest absolute Gasteiger partial charge is 0.161 e. The van der Waals surface area contributed by atoms with E-state index in [0.29, 0.717) is 22.6 Å². The lowest BCUT2D eigenvalue weighted by atomic mass is 10.0. The van der Waals surface area contributed by atoms with Gasteiger partial charge in [0.25, 0.3) is 0 Å². The average Bonchev–Trinajstić information content (AvgIpc) is 3.01. The summed E-state index contributed by atoms with van der Waals surface area (Å²) in [5.41, 5.74) is 1.79. The van der Waals surface area contributed by atoms with Gasteiger partial charge < -0.3 is 9.84 Å².